The third kappa shape index (κ3) is 4.34. The molecule has 6 aromatic rings. The van der Waals surface area contributed by atoms with Crippen LogP contribution in [0.3, 0.4) is 0 Å². The van der Waals surface area contributed by atoms with E-state index in [-0.39, 0.29) is 32.1 Å². The zero-order valence-electron chi connectivity index (χ0n) is 25.0. The first-order chi connectivity index (χ1) is 21.9. The number of carbonyl (C=O) groups is 2. The Kier molecular flexibility index (Phi) is 6.66. The highest BCUT2D eigenvalue weighted by atomic mass is 32.2. The minimum Gasteiger partial charge on any atom is -0.277 e. The van der Waals surface area contributed by atoms with Crippen LogP contribution in [0.4, 0.5) is 0 Å². The number of likely N-dealkylation sites (N-methyl/N-ethyl adjacent to an activating group) is 1. The van der Waals surface area contributed by atoms with Crippen LogP contribution in [0.2, 0.25) is 0 Å². The van der Waals surface area contributed by atoms with Crippen molar-refractivity contribution in [2.24, 2.45) is 0 Å². The van der Waals surface area contributed by atoms with Gasteiger partial charge in [-0.15, -0.1) is 0 Å². The first kappa shape index (κ1) is 29.5. The van der Waals surface area contributed by atoms with E-state index in [9.17, 15) is 26.4 Å². The SMILES string of the molecule is Cc1ccc(S(=O)(=O)n2cc(C3=C(c4cn(S(=O)(=O)c5ccc(C)cc5)c5ccccc45)C(=O)N(C)C3=O)c3ccccc32)cc1. The van der Waals surface area contributed by atoms with Gasteiger partial charge in [-0.2, -0.15) is 0 Å². The quantitative estimate of drug-likeness (QED) is 0.217. The Balaban J connectivity index is 1.51. The Morgan fingerprint density at radius 3 is 1.22 bits per heavy atom. The number of fused-ring (bicyclic) bond motifs is 2. The largest absolute Gasteiger partial charge is 0.277 e. The summed E-state index contributed by atoms with van der Waals surface area (Å²) in [6, 6.07) is 26.4. The normalized spacial score (nSPS) is 14.3. The van der Waals surface area contributed by atoms with Gasteiger partial charge in [-0.25, -0.2) is 24.8 Å². The molecule has 2 aromatic heterocycles. The summed E-state index contributed by atoms with van der Waals surface area (Å²) in [5.41, 5.74) is 2.88. The lowest BCUT2D eigenvalue weighted by molar-refractivity contribution is -0.134. The van der Waals surface area contributed by atoms with Crippen LogP contribution < -0.4 is 0 Å². The highest BCUT2D eigenvalue weighted by Crippen LogP contribution is 2.42. The van der Waals surface area contributed by atoms with Gasteiger partial charge in [-0.05, 0) is 50.2 Å². The summed E-state index contributed by atoms with van der Waals surface area (Å²) in [7, 11) is -6.85. The number of rotatable bonds is 6. The maximum absolute atomic E-state index is 13.9. The average molecular weight is 650 g/mol. The van der Waals surface area contributed by atoms with Crippen molar-refractivity contribution < 1.29 is 26.4 Å². The molecule has 46 heavy (non-hydrogen) atoms. The molecule has 11 heteroatoms. The smallest absolute Gasteiger partial charge is 0.268 e. The fraction of sp³-hybridized carbons (Fsp3) is 0.0857. The lowest BCUT2D eigenvalue weighted by atomic mass is 9.95. The van der Waals surface area contributed by atoms with E-state index in [1.165, 1.54) is 43.7 Å². The molecule has 0 fully saturated rings. The van der Waals surface area contributed by atoms with Crippen LogP contribution in [0.1, 0.15) is 22.3 Å². The zero-order chi connectivity index (χ0) is 32.5. The molecule has 0 radical (unpaired) electrons. The maximum atomic E-state index is 13.9. The van der Waals surface area contributed by atoms with E-state index >= 15 is 0 Å². The molecule has 1 aliphatic heterocycles. The second-order valence-corrected chi connectivity index (χ2v) is 14.9. The van der Waals surface area contributed by atoms with Gasteiger partial charge in [0.15, 0.2) is 0 Å². The van der Waals surface area contributed by atoms with Gasteiger partial charge in [0.25, 0.3) is 31.9 Å². The number of benzene rings is 4. The summed E-state index contributed by atoms with van der Waals surface area (Å²) in [5, 5.41) is 0.885. The summed E-state index contributed by atoms with van der Waals surface area (Å²) >= 11 is 0. The van der Waals surface area contributed by atoms with Gasteiger partial charge in [-0.3, -0.25) is 14.5 Å². The molecule has 0 saturated heterocycles. The number of hydrogen-bond acceptors (Lipinski definition) is 6. The number of carbonyl (C=O) groups excluding carboxylic acids is 2. The van der Waals surface area contributed by atoms with Gasteiger partial charge in [0, 0.05) is 41.3 Å². The van der Waals surface area contributed by atoms with Crippen LogP contribution in [-0.4, -0.2) is 48.5 Å². The van der Waals surface area contributed by atoms with Gasteiger partial charge >= 0.3 is 0 Å². The van der Waals surface area contributed by atoms with Crippen LogP contribution >= 0.6 is 0 Å². The number of aryl methyl sites for hydroxylation is 2. The van der Waals surface area contributed by atoms with Gasteiger partial charge in [0.1, 0.15) is 0 Å². The van der Waals surface area contributed by atoms with E-state index in [0.29, 0.717) is 21.8 Å². The third-order valence-corrected chi connectivity index (χ3v) is 11.7. The van der Waals surface area contributed by atoms with E-state index < -0.39 is 31.9 Å². The molecule has 1 aliphatic rings. The Morgan fingerprint density at radius 1 is 0.500 bits per heavy atom. The Hall–Kier alpha value is -5.26. The summed E-state index contributed by atoms with van der Waals surface area (Å²) in [5.74, 6) is -1.26. The van der Waals surface area contributed by atoms with E-state index in [1.54, 1.807) is 72.8 Å². The number of nitrogens with zero attached hydrogens (tertiary/aromatic N) is 3. The molecular weight excluding hydrogens is 623 g/mol. The number of hydrogen-bond donors (Lipinski definition) is 0. The van der Waals surface area contributed by atoms with Gasteiger partial charge < -0.3 is 0 Å². The summed E-state index contributed by atoms with van der Waals surface area (Å²) in [6.45, 7) is 3.71. The molecule has 0 unspecified atom stereocenters. The van der Waals surface area contributed by atoms with E-state index in [2.05, 4.69) is 0 Å². The zero-order valence-corrected chi connectivity index (χ0v) is 26.6. The molecular formula is C35H27N3O6S2. The second kappa shape index (κ2) is 10.4. The maximum Gasteiger partial charge on any atom is 0.268 e. The van der Waals surface area contributed by atoms with Gasteiger partial charge in [0.2, 0.25) is 0 Å². The van der Waals surface area contributed by atoms with Crippen molar-refractivity contribution in [3.8, 4) is 0 Å². The second-order valence-electron chi connectivity index (χ2n) is 11.3. The summed E-state index contributed by atoms with van der Waals surface area (Å²) < 4.78 is 57.9. The van der Waals surface area contributed by atoms with Crippen LogP contribution in [0.5, 0.6) is 0 Å². The number of amides is 2. The summed E-state index contributed by atoms with van der Waals surface area (Å²) in [6.07, 6.45) is 2.73. The van der Waals surface area contributed by atoms with Crippen LogP contribution in [0, 0.1) is 13.8 Å². The highest BCUT2D eigenvalue weighted by molar-refractivity contribution is 7.90. The number of para-hydroxylation sites is 2. The molecule has 3 heterocycles. The molecule has 2 amide bonds. The van der Waals surface area contributed by atoms with Crippen molar-refractivity contribution in [1.29, 1.82) is 0 Å². The molecule has 7 rings (SSSR count). The van der Waals surface area contributed by atoms with Gasteiger partial charge in [0.05, 0.1) is 32.0 Å². The Bertz CT molecular complexity index is 2330. The van der Waals surface area contributed by atoms with E-state index in [0.717, 1.165) is 24.0 Å². The Morgan fingerprint density at radius 2 is 0.848 bits per heavy atom. The minimum absolute atomic E-state index is 0.0165. The molecule has 0 bridgehead atoms. The molecule has 0 saturated carbocycles. The average Bonchev–Trinajstić information content (AvgIpc) is 3.69. The predicted molar refractivity (Wildman–Crippen MR) is 176 cm³/mol. The van der Waals surface area contributed by atoms with Crippen molar-refractivity contribution in [1.82, 2.24) is 12.8 Å². The van der Waals surface area contributed by atoms with Crippen molar-refractivity contribution in [3.63, 3.8) is 0 Å². The molecule has 230 valence electrons. The van der Waals surface area contributed by atoms with Crippen molar-refractivity contribution in [3.05, 3.63) is 132 Å². The first-order valence-corrected chi connectivity index (χ1v) is 17.2. The molecule has 0 spiro atoms. The fourth-order valence-electron chi connectivity index (χ4n) is 5.88. The topological polar surface area (TPSA) is 116 Å². The lowest BCUT2D eigenvalue weighted by Gasteiger charge is -2.08. The van der Waals surface area contributed by atoms with Crippen molar-refractivity contribution in [2.45, 2.75) is 23.6 Å². The molecule has 0 atom stereocenters. The summed E-state index contributed by atoms with van der Waals surface area (Å²) in [4.78, 5) is 28.8. The first-order valence-electron chi connectivity index (χ1n) is 14.3. The monoisotopic (exact) mass is 649 g/mol. The van der Waals surface area contributed by atoms with Crippen LogP contribution in [-0.2, 0) is 29.6 Å². The van der Waals surface area contributed by atoms with Gasteiger partial charge in [-0.1, -0.05) is 71.8 Å². The van der Waals surface area contributed by atoms with Crippen LogP contribution in [0.15, 0.2) is 119 Å². The third-order valence-electron chi connectivity index (χ3n) is 8.34. The molecule has 4 aromatic carbocycles. The standard InChI is InChI=1S/C35H27N3O6S2/c1-22-12-16-24(17-13-22)45(41,42)37-20-28(26-8-4-6-10-30(26)37)32-33(35(40)36(3)34(32)39)29-21-38(31-11-7-5-9-27(29)31)46(43,44)25-18-14-23(2)15-19-25/h4-21H,1-3H3. The lowest BCUT2D eigenvalue weighted by Crippen LogP contribution is -2.26. The van der Waals surface area contributed by atoms with Crippen molar-refractivity contribution in [2.75, 3.05) is 7.05 Å². The highest BCUT2D eigenvalue weighted by Gasteiger charge is 2.40. The molecule has 0 N–H and O–H groups in total. The fourth-order valence-corrected chi connectivity index (χ4v) is 8.62. The van der Waals surface area contributed by atoms with E-state index in [1.807, 2.05) is 13.8 Å². The van der Waals surface area contributed by atoms with Crippen molar-refractivity contribution >= 4 is 64.8 Å². The number of imide groups is 1. The minimum atomic E-state index is -4.10. The van der Waals surface area contributed by atoms with Crippen LogP contribution in [0.25, 0.3) is 33.0 Å². The molecule has 0 aliphatic carbocycles. The Labute approximate surface area is 265 Å². The number of aromatic nitrogens is 2. The molecule has 9 nitrogen and oxygen atoms in total. The van der Waals surface area contributed by atoms with E-state index in [4.69, 9.17) is 0 Å². The predicted octanol–water partition coefficient (Wildman–Crippen LogP) is 5.60.